The third-order valence-electron chi connectivity index (χ3n) is 6.69. The lowest BCUT2D eigenvalue weighted by Gasteiger charge is -2.30. The lowest BCUT2D eigenvalue weighted by Crippen LogP contribution is -2.57. The molecule has 4 unspecified atom stereocenters. The fourth-order valence-electron chi connectivity index (χ4n) is 4.53. The molecule has 4 atom stereocenters. The van der Waals surface area contributed by atoms with E-state index in [2.05, 4.69) is 10.6 Å². The third kappa shape index (κ3) is 9.58. The Morgan fingerprint density at radius 2 is 1.55 bits per heavy atom. The van der Waals surface area contributed by atoms with Gasteiger partial charge in [-0.05, 0) is 88.6 Å². The number of carbonyl (C=O) groups is 4. The zero-order valence-corrected chi connectivity index (χ0v) is 21.8. The van der Waals surface area contributed by atoms with Crippen molar-refractivity contribution < 1.29 is 29.4 Å². The normalized spacial score (nSPS) is 17.4. The number of hydrogen-bond donors (Lipinski definition) is 7. The molecule has 3 amide bonds. The Bertz CT molecular complexity index is 927. The van der Waals surface area contributed by atoms with Crippen LogP contribution in [0.25, 0.3) is 0 Å². The third-order valence-corrected chi connectivity index (χ3v) is 6.69. The summed E-state index contributed by atoms with van der Waals surface area (Å²) in [6.45, 7) is 1.19. The second-order valence-corrected chi connectivity index (χ2v) is 9.70. The van der Waals surface area contributed by atoms with E-state index in [1.807, 2.05) is 0 Å². The number of carboxylic acid groups (broad SMARTS) is 1. The number of aliphatic carboxylic acids is 1. The minimum Gasteiger partial charge on any atom is -0.508 e. The number of unbranched alkanes of at least 4 members (excludes halogenated alkanes) is 2. The highest BCUT2D eigenvalue weighted by atomic mass is 16.4. The summed E-state index contributed by atoms with van der Waals surface area (Å²) in [6, 6.07) is 2.64. The molecule has 212 valence electrons. The molecule has 0 bridgehead atoms. The van der Waals surface area contributed by atoms with Crippen LogP contribution in [0.3, 0.4) is 0 Å². The number of nitrogens with one attached hydrogen (secondary N) is 2. The van der Waals surface area contributed by atoms with Crippen LogP contribution in [-0.4, -0.2) is 82.6 Å². The fourth-order valence-corrected chi connectivity index (χ4v) is 4.53. The monoisotopic (exact) mass is 534 g/mol. The smallest absolute Gasteiger partial charge is 0.326 e. The zero-order chi connectivity index (χ0) is 28.1. The Hall–Kier alpha value is -3.22. The summed E-state index contributed by atoms with van der Waals surface area (Å²) in [6.07, 6.45) is 4.22. The summed E-state index contributed by atoms with van der Waals surface area (Å²) in [7, 11) is 0. The van der Waals surface area contributed by atoms with Gasteiger partial charge in [0, 0.05) is 6.54 Å². The highest BCUT2D eigenvalue weighted by Gasteiger charge is 2.39. The molecule has 2 rings (SSSR count). The minimum absolute atomic E-state index is 0.103. The number of carboxylic acids is 1. The lowest BCUT2D eigenvalue weighted by molar-refractivity contribution is -0.145. The van der Waals surface area contributed by atoms with E-state index in [1.54, 1.807) is 12.1 Å². The van der Waals surface area contributed by atoms with E-state index in [4.69, 9.17) is 17.2 Å². The highest BCUT2D eigenvalue weighted by Crippen LogP contribution is 2.21. The molecular weight excluding hydrogens is 492 g/mol. The van der Waals surface area contributed by atoms with Gasteiger partial charge < -0.3 is 42.9 Å². The van der Waals surface area contributed by atoms with Crippen LogP contribution in [0.2, 0.25) is 0 Å². The number of nitrogens with two attached hydrogens (primary N) is 3. The number of phenolic OH excluding ortho intramolecular Hbond substituents is 1. The van der Waals surface area contributed by atoms with E-state index in [9.17, 15) is 29.4 Å². The Morgan fingerprint density at radius 3 is 2.13 bits per heavy atom. The van der Waals surface area contributed by atoms with Crippen molar-refractivity contribution in [3.8, 4) is 5.75 Å². The molecule has 12 heteroatoms. The van der Waals surface area contributed by atoms with Gasteiger partial charge in [0.1, 0.15) is 23.9 Å². The van der Waals surface area contributed by atoms with Crippen molar-refractivity contribution in [1.29, 1.82) is 0 Å². The molecule has 1 fully saturated rings. The number of hydrogen-bond acceptors (Lipinski definition) is 8. The van der Waals surface area contributed by atoms with Gasteiger partial charge in [-0.3, -0.25) is 14.4 Å². The summed E-state index contributed by atoms with van der Waals surface area (Å²) in [4.78, 5) is 52.5. The molecule has 0 saturated carbocycles. The van der Waals surface area contributed by atoms with Crippen LogP contribution in [-0.2, 0) is 25.6 Å². The first-order valence-corrected chi connectivity index (χ1v) is 13.3. The number of aromatic hydroxyl groups is 1. The zero-order valence-electron chi connectivity index (χ0n) is 21.8. The van der Waals surface area contributed by atoms with Crippen molar-refractivity contribution in [2.45, 2.75) is 82.0 Å². The van der Waals surface area contributed by atoms with Crippen molar-refractivity contribution in [1.82, 2.24) is 15.5 Å². The van der Waals surface area contributed by atoms with E-state index in [1.165, 1.54) is 17.0 Å². The average molecular weight is 535 g/mol. The van der Waals surface area contributed by atoms with Gasteiger partial charge in [0.25, 0.3) is 0 Å². The molecule has 0 aliphatic carbocycles. The van der Waals surface area contributed by atoms with Gasteiger partial charge >= 0.3 is 5.97 Å². The van der Waals surface area contributed by atoms with Gasteiger partial charge in [0.2, 0.25) is 17.7 Å². The first kappa shape index (κ1) is 31.0. The summed E-state index contributed by atoms with van der Waals surface area (Å²) in [5.74, 6) is -2.46. The first-order chi connectivity index (χ1) is 18.2. The van der Waals surface area contributed by atoms with Crippen molar-refractivity contribution in [3.05, 3.63) is 29.8 Å². The van der Waals surface area contributed by atoms with Crippen molar-refractivity contribution >= 4 is 23.7 Å². The summed E-state index contributed by atoms with van der Waals surface area (Å²) in [5.41, 5.74) is 17.9. The van der Waals surface area contributed by atoms with E-state index >= 15 is 0 Å². The van der Waals surface area contributed by atoms with E-state index < -0.39 is 47.9 Å². The van der Waals surface area contributed by atoms with Gasteiger partial charge in [0.15, 0.2) is 0 Å². The number of carbonyl (C=O) groups excluding carboxylic acids is 3. The molecule has 0 spiro atoms. The largest absolute Gasteiger partial charge is 0.508 e. The lowest BCUT2D eigenvalue weighted by atomic mass is 10.0. The van der Waals surface area contributed by atoms with Crippen LogP contribution in [0.5, 0.6) is 5.75 Å². The second-order valence-electron chi connectivity index (χ2n) is 9.70. The number of benzene rings is 1. The SMILES string of the molecule is NCCCCC(NC(=O)C1CCCN1C(=O)C(CCCCN)NC(=O)C(N)Cc1ccc(O)cc1)C(=O)O. The maximum atomic E-state index is 13.5. The van der Waals surface area contributed by atoms with E-state index in [0.717, 1.165) is 5.56 Å². The molecule has 1 aliphatic heterocycles. The Morgan fingerprint density at radius 1 is 0.947 bits per heavy atom. The van der Waals surface area contributed by atoms with Crippen molar-refractivity contribution in [3.63, 3.8) is 0 Å². The first-order valence-electron chi connectivity index (χ1n) is 13.3. The molecule has 0 radical (unpaired) electrons. The van der Waals surface area contributed by atoms with Crippen LogP contribution in [0.4, 0.5) is 0 Å². The molecular formula is C26H42N6O6. The van der Waals surface area contributed by atoms with Gasteiger partial charge in [-0.1, -0.05) is 12.1 Å². The highest BCUT2D eigenvalue weighted by molar-refractivity contribution is 5.94. The molecule has 38 heavy (non-hydrogen) atoms. The van der Waals surface area contributed by atoms with Crippen LogP contribution in [0.1, 0.15) is 56.9 Å². The van der Waals surface area contributed by atoms with Gasteiger partial charge in [-0.15, -0.1) is 0 Å². The van der Waals surface area contributed by atoms with Crippen molar-refractivity contribution in [2.24, 2.45) is 17.2 Å². The Kier molecular flexibility index (Phi) is 13.0. The molecule has 10 N–H and O–H groups in total. The Balaban J connectivity index is 2.08. The van der Waals surface area contributed by atoms with Gasteiger partial charge in [0.05, 0.1) is 6.04 Å². The van der Waals surface area contributed by atoms with Crippen LogP contribution >= 0.6 is 0 Å². The van der Waals surface area contributed by atoms with E-state index in [0.29, 0.717) is 64.6 Å². The predicted octanol–water partition coefficient (Wildman–Crippen LogP) is -0.435. The standard InChI is InChI=1S/C26H42N6O6/c27-13-3-1-6-20(30-23(34)19(29)16-17-9-11-18(33)12-10-17)25(36)32-15-5-8-22(32)24(35)31-21(26(37)38)7-2-4-14-28/h9-12,19-22,33H,1-8,13-16,27-29H2,(H,30,34)(H,31,35)(H,37,38). The summed E-state index contributed by atoms with van der Waals surface area (Å²) < 4.78 is 0. The fraction of sp³-hybridized carbons (Fsp3) is 0.615. The predicted molar refractivity (Wildman–Crippen MR) is 142 cm³/mol. The van der Waals surface area contributed by atoms with Gasteiger partial charge in [-0.25, -0.2) is 4.79 Å². The molecule has 1 heterocycles. The van der Waals surface area contributed by atoms with Crippen LogP contribution in [0, 0.1) is 0 Å². The minimum atomic E-state index is -1.14. The molecule has 1 aromatic rings. The maximum Gasteiger partial charge on any atom is 0.326 e. The number of nitrogens with zero attached hydrogens (tertiary/aromatic N) is 1. The molecule has 0 aromatic heterocycles. The molecule has 12 nitrogen and oxygen atoms in total. The van der Waals surface area contributed by atoms with Crippen molar-refractivity contribution in [2.75, 3.05) is 19.6 Å². The van der Waals surface area contributed by atoms with E-state index in [-0.39, 0.29) is 18.6 Å². The summed E-state index contributed by atoms with van der Waals surface area (Å²) in [5, 5.41) is 24.3. The maximum absolute atomic E-state index is 13.5. The Labute approximate surface area is 223 Å². The quantitative estimate of drug-likeness (QED) is 0.137. The number of likely N-dealkylation sites (tertiary alicyclic amines) is 1. The molecule has 1 aromatic carbocycles. The summed E-state index contributed by atoms with van der Waals surface area (Å²) >= 11 is 0. The number of rotatable bonds is 16. The number of phenols is 1. The second kappa shape index (κ2) is 15.9. The topological polar surface area (TPSA) is 214 Å². The number of amides is 3. The molecule has 1 aliphatic rings. The van der Waals surface area contributed by atoms with Crippen LogP contribution < -0.4 is 27.8 Å². The average Bonchev–Trinajstić information content (AvgIpc) is 3.38. The van der Waals surface area contributed by atoms with Crippen LogP contribution in [0.15, 0.2) is 24.3 Å². The van der Waals surface area contributed by atoms with Gasteiger partial charge in [-0.2, -0.15) is 0 Å². The molecule has 1 saturated heterocycles.